The molecule has 4 aliphatic carbocycles. The van der Waals surface area contributed by atoms with Crippen LogP contribution in [0.5, 0.6) is 0 Å². The van der Waals surface area contributed by atoms with Crippen LogP contribution in [0, 0.1) is 34.0 Å². The molecule has 0 aromatic carbocycles. The summed E-state index contributed by atoms with van der Waals surface area (Å²) >= 11 is 0. The number of ether oxygens (including phenoxy) is 1. The SMILES string of the molecule is C=C1C[C@]23C[C@H]1CC[C@H]2[C@]1(C)CCC[C@@](C)(C(=O)OC)[C@H]1C[C@@H]3O. The van der Waals surface area contributed by atoms with Gasteiger partial charge in [0.25, 0.3) is 0 Å². The van der Waals surface area contributed by atoms with Crippen LogP contribution in [0.25, 0.3) is 0 Å². The van der Waals surface area contributed by atoms with Gasteiger partial charge in [0.05, 0.1) is 18.6 Å². The van der Waals surface area contributed by atoms with Gasteiger partial charge >= 0.3 is 5.97 Å². The van der Waals surface area contributed by atoms with Crippen LogP contribution in [0.3, 0.4) is 0 Å². The summed E-state index contributed by atoms with van der Waals surface area (Å²) in [6.07, 6.45) is 8.13. The first kappa shape index (κ1) is 16.6. The Morgan fingerprint density at radius 2 is 2.00 bits per heavy atom. The molecule has 134 valence electrons. The summed E-state index contributed by atoms with van der Waals surface area (Å²) in [5, 5.41) is 11.2. The fourth-order valence-electron chi connectivity index (χ4n) is 7.74. The Bertz CT molecular complexity index is 584. The first-order chi connectivity index (χ1) is 11.3. The maximum absolute atomic E-state index is 12.6. The van der Waals surface area contributed by atoms with Crippen LogP contribution in [0.2, 0.25) is 0 Å². The van der Waals surface area contributed by atoms with E-state index in [0.717, 1.165) is 32.1 Å². The van der Waals surface area contributed by atoms with Crippen LogP contribution >= 0.6 is 0 Å². The Kier molecular flexibility index (Phi) is 3.53. The largest absolute Gasteiger partial charge is 0.469 e. The highest BCUT2D eigenvalue weighted by Crippen LogP contribution is 2.72. The third kappa shape index (κ3) is 1.85. The van der Waals surface area contributed by atoms with Crippen molar-refractivity contribution in [1.29, 1.82) is 0 Å². The van der Waals surface area contributed by atoms with Crippen molar-refractivity contribution < 1.29 is 14.6 Å². The molecular weight excluding hydrogens is 300 g/mol. The number of aliphatic hydroxyl groups excluding tert-OH is 1. The minimum atomic E-state index is -0.448. The zero-order valence-electron chi connectivity index (χ0n) is 15.4. The lowest BCUT2D eigenvalue weighted by atomic mass is 9.40. The smallest absolute Gasteiger partial charge is 0.311 e. The third-order valence-electron chi connectivity index (χ3n) is 8.80. The number of allylic oxidation sites excluding steroid dienone is 1. The van der Waals surface area contributed by atoms with E-state index in [-0.39, 0.29) is 28.8 Å². The highest BCUT2D eigenvalue weighted by molar-refractivity contribution is 5.77. The van der Waals surface area contributed by atoms with Gasteiger partial charge in [-0.05, 0) is 75.0 Å². The summed E-state index contributed by atoms with van der Waals surface area (Å²) in [7, 11) is 1.51. The molecule has 4 aliphatic rings. The van der Waals surface area contributed by atoms with Crippen LogP contribution in [-0.4, -0.2) is 24.3 Å². The zero-order chi connectivity index (χ0) is 17.3. The Morgan fingerprint density at radius 3 is 2.71 bits per heavy atom. The van der Waals surface area contributed by atoms with Crippen molar-refractivity contribution >= 4 is 5.97 Å². The van der Waals surface area contributed by atoms with E-state index in [4.69, 9.17) is 4.74 Å². The van der Waals surface area contributed by atoms with E-state index in [1.54, 1.807) is 0 Å². The first-order valence-electron chi connectivity index (χ1n) is 9.72. The fraction of sp³-hybridized carbons (Fsp3) is 0.857. The monoisotopic (exact) mass is 332 g/mol. The fourth-order valence-corrected chi connectivity index (χ4v) is 7.74. The minimum absolute atomic E-state index is 0.0274. The lowest BCUT2D eigenvalue weighted by Crippen LogP contribution is -2.62. The summed E-state index contributed by atoms with van der Waals surface area (Å²) in [6.45, 7) is 8.83. The molecule has 0 unspecified atom stereocenters. The van der Waals surface area contributed by atoms with Crippen LogP contribution < -0.4 is 0 Å². The molecule has 24 heavy (non-hydrogen) atoms. The molecule has 4 rings (SSSR count). The molecule has 0 saturated heterocycles. The molecule has 0 aromatic rings. The van der Waals surface area contributed by atoms with E-state index in [1.165, 1.54) is 31.9 Å². The zero-order valence-corrected chi connectivity index (χ0v) is 15.4. The maximum Gasteiger partial charge on any atom is 0.311 e. The number of methoxy groups -OCH3 is 1. The van der Waals surface area contributed by atoms with Crippen molar-refractivity contribution in [2.24, 2.45) is 34.0 Å². The standard InChI is InChI=1S/C21H32O3/c1-13-11-21-12-14(13)6-7-15(21)19(2)8-5-9-20(3,18(23)24-4)16(19)10-17(21)22/h14-17,22H,1,5-12H2,2-4H3/t14-,15+,16+,17+,19+,20-,21+/m1/s1. The van der Waals surface area contributed by atoms with Gasteiger partial charge in [0, 0.05) is 5.41 Å². The molecule has 4 fully saturated rings. The molecule has 0 amide bonds. The van der Waals surface area contributed by atoms with Gasteiger partial charge in [0.15, 0.2) is 0 Å². The molecule has 3 nitrogen and oxygen atoms in total. The third-order valence-corrected chi connectivity index (χ3v) is 8.80. The van der Waals surface area contributed by atoms with Crippen molar-refractivity contribution in [3.05, 3.63) is 12.2 Å². The van der Waals surface area contributed by atoms with Crippen molar-refractivity contribution in [1.82, 2.24) is 0 Å². The lowest BCUT2D eigenvalue weighted by molar-refractivity contribution is -0.209. The number of hydrogen-bond donors (Lipinski definition) is 1. The average molecular weight is 332 g/mol. The quantitative estimate of drug-likeness (QED) is 0.581. The van der Waals surface area contributed by atoms with Crippen molar-refractivity contribution in [3.8, 4) is 0 Å². The molecule has 3 heteroatoms. The van der Waals surface area contributed by atoms with Gasteiger partial charge in [-0.15, -0.1) is 0 Å². The first-order valence-corrected chi connectivity index (χ1v) is 9.72. The van der Waals surface area contributed by atoms with E-state index in [2.05, 4.69) is 20.4 Å². The van der Waals surface area contributed by atoms with Crippen LogP contribution in [0.15, 0.2) is 12.2 Å². The van der Waals surface area contributed by atoms with Gasteiger partial charge in [-0.2, -0.15) is 0 Å². The Morgan fingerprint density at radius 1 is 1.25 bits per heavy atom. The molecule has 1 N–H and O–H groups in total. The van der Waals surface area contributed by atoms with Crippen molar-refractivity contribution in [2.75, 3.05) is 7.11 Å². The predicted octanol–water partition coefficient (Wildman–Crippen LogP) is 4.10. The molecule has 0 aromatic heterocycles. The molecule has 4 saturated carbocycles. The number of carbonyl (C=O) groups is 1. The molecule has 7 atom stereocenters. The van der Waals surface area contributed by atoms with Crippen LogP contribution in [0.1, 0.15) is 65.2 Å². The molecule has 0 heterocycles. The van der Waals surface area contributed by atoms with Gasteiger partial charge < -0.3 is 9.84 Å². The second-order valence-corrected chi connectivity index (χ2v) is 9.67. The minimum Gasteiger partial charge on any atom is -0.469 e. The van der Waals surface area contributed by atoms with Crippen molar-refractivity contribution in [2.45, 2.75) is 71.3 Å². The van der Waals surface area contributed by atoms with Gasteiger partial charge in [-0.25, -0.2) is 0 Å². The second-order valence-electron chi connectivity index (χ2n) is 9.67. The number of fused-ring (bicyclic) bond motifs is 3. The number of rotatable bonds is 1. The highest BCUT2D eigenvalue weighted by Gasteiger charge is 2.68. The highest BCUT2D eigenvalue weighted by atomic mass is 16.5. The molecule has 1 spiro atoms. The normalized spacial score (nSPS) is 53.2. The summed E-state index contributed by atoms with van der Waals surface area (Å²) in [5.41, 5.74) is 1.08. The van der Waals surface area contributed by atoms with E-state index in [1.807, 2.05) is 0 Å². The number of carbonyl (C=O) groups excluding carboxylic acids is 1. The average Bonchev–Trinajstić information content (AvgIpc) is 2.80. The summed E-state index contributed by atoms with van der Waals surface area (Å²) in [4.78, 5) is 12.6. The summed E-state index contributed by atoms with van der Waals surface area (Å²) in [6, 6.07) is 0. The lowest BCUT2D eigenvalue weighted by Gasteiger charge is -2.64. The molecule has 0 radical (unpaired) electrons. The van der Waals surface area contributed by atoms with Crippen molar-refractivity contribution in [3.63, 3.8) is 0 Å². The van der Waals surface area contributed by atoms with E-state index in [0.29, 0.717) is 11.8 Å². The Balaban J connectivity index is 1.78. The topological polar surface area (TPSA) is 46.5 Å². The Hall–Kier alpha value is -0.830. The number of aliphatic hydroxyl groups is 1. The van der Waals surface area contributed by atoms with Crippen LogP contribution in [-0.2, 0) is 9.53 Å². The Labute approximate surface area is 145 Å². The molecule has 2 bridgehead atoms. The van der Waals surface area contributed by atoms with E-state index in [9.17, 15) is 9.90 Å². The van der Waals surface area contributed by atoms with Gasteiger partial charge in [-0.3, -0.25) is 4.79 Å². The molecule has 0 aliphatic heterocycles. The van der Waals surface area contributed by atoms with Gasteiger partial charge in [0.1, 0.15) is 0 Å². The second kappa shape index (κ2) is 5.09. The molecular formula is C21H32O3. The summed E-state index contributed by atoms with van der Waals surface area (Å²) < 4.78 is 5.20. The van der Waals surface area contributed by atoms with E-state index >= 15 is 0 Å². The van der Waals surface area contributed by atoms with Gasteiger partial charge in [0.2, 0.25) is 0 Å². The number of hydrogen-bond acceptors (Lipinski definition) is 3. The summed E-state index contributed by atoms with van der Waals surface area (Å²) in [5.74, 6) is 1.28. The number of esters is 1. The van der Waals surface area contributed by atoms with Crippen LogP contribution in [0.4, 0.5) is 0 Å². The maximum atomic E-state index is 12.6. The predicted molar refractivity (Wildman–Crippen MR) is 93.2 cm³/mol. The van der Waals surface area contributed by atoms with E-state index < -0.39 is 5.41 Å². The van der Waals surface area contributed by atoms with Gasteiger partial charge in [-0.1, -0.05) is 25.5 Å².